The molecule has 8 heteroatoms. The van der Waals surface area contributed by atoms with Crippen LogP contribution in [0.3, 0.4) is 0 Å². The van der Waals surface area contributed by atoms with Crippen LogP contribution in [0.1, 0.15) is 33.6 Å². The van der Waals surface area contributed by atoms with Crippen molar-refractivity contribution in [2.75, 3.05) is 6.54 Å². The molecule has 0 saturated carbocycles. The van der Waals surface area contributed by atoms with Gasteiger partial charge in [-0.1, -0.05) is 35.9 Å². The molecule has 160 valence electrons. The summed E-state index contributed by atoms with van der Waals surface area (Å²) in [4.78, 5) is 0.135. The zero-order valence-electron chi connectivity index (χ0n) is 17.6. The minimum Gasteiger partial charge on any atom is -0.370 e. The number of benzene rings is 2. The molecular formula is C23H24N4O3S. The molecule has 1 aliphatic heterocycles. The molecule has 31 heavy (non-hydrogen) atoms. The summed E-state index contributed by atoms with van der Waals surface area (Å²) in [6.07, 6.45) is 0.577. The van der Waals surface area contributed by atoms with E-state index in [9.17, 15) is 8.42 Å². The quantitative estimate of drug-likeness (QED) is 0.593. The molecule has 0 saturated heterocycles. The lowest BCUT2D eigenvalue weighted by molar-refractivity contribution is 0.103. The van der Waals surface area contributed by atoms with Gasteiger partial charge in [0, 0.05) is 37.8 Å². The number of nitrogens with zero attached hydrogens (tertiary/aromatic N) is 4. The Labute approximate surface area is 182 Å². The van der Waals surface area contributed by atoms with Crippen molar-refractivity contribution < 1.29 is 13.2 Å². The van der Waals surface area contributed by atoms with E-state index in [2.05, 4.69) is 5.10 Å². The maximum Gasteiger partial charge on any atom is 0.243 e. The molecule has 1 aromatic heterocycles. The number of aryl methyl sites for hydroxylation is 2. The van der Waals surface area contributed by atoms with Gasteiger partial charge >= 0.3 is 0 Å². The van der Waals surface area contributed by atoms with Gasteiger partial charge in [0.05, 0.1) is 35.4 Å². The number of aromatic nitrogens is 2. The van der Waals surface area contributed by atoms with Crippen LogP contribution in [0, 0.1) is 18.3 Å². The maximum atomic E-state index is 13.2. The smallest absolute Gasteiger partial charge is 0.243 e. The second-order valence-electron chi connectivity index (χ2n) is 7.70. The molecule has 0 aliphatic carbocycles. The molecular weight excluding hydrogens is 412 g/mol. The van der Waals surface area contributed by atoms with Crippen molar-refractivity contribution in [3.8, 4) is 6.07 Å². The second kappa shape index (κ2) is 8.63. The summed E-state index contributed by atoms with van der Waals surface area (Å²) in [5.74, 6) is 0. The fourth-order valence-electron chi connectivity index (χ4n) is 3.79. The van der Waals surface area contributed by atoms with Crippen LogP contribution in [0.5, 0.6) is 0 Å². The van der Waals surface area contributed by atoms with Crippen molar-refractivity contribution in [3.63, 3.8) is 0 Å². The number of fused-ring (bicyclic) bond motifs is 1. The first-order valence-electron chi connectivity index (χ1n) is 10.1. The van der Waals surface area contributed by atoms with Gasteiger partial charge in [-0.15, -0.1) is 0 Å². The Morgan fingerprint density at radius 3 is 2.68 bits per heavy atom. The third kappa shape index (κ3) is 4.39. The highest BCUT2D eigenvalue weighted by Crippen LogP contribution is 2.28. The minimum absolute atomic E-state index is 0.135. The van der Waals surface area contributed by atoms with E-state index >= 15 is 0 Å². The van der Waals surface area contributed by atoms with E-state index in [0.717, 1.165) is 22.5 Å². The highest BCUT2D eigenvalue weighted by atomic mass is 32.2. The molecule has 3 aromatic rings. The first-order valence-corrected chi connectivity index (χ1v) is 11.5. The predicted molar refractivity (Wildman–Crippen MR) is 115 cm³/mol. The van der Waals surface area contributed by atoms with Crippen molar-refractivity contribution >= 4 is 10.0 Å². The van der Waals surface area contributed by atoms with E-state index in [4.69, 9.17) is 10.00 Å². The molecule has 0 spiro atoms. The lowest BCUT2D eigenvalue weighted by atomic mass is 10.1. The average Bonchev–Trinajstić information content (AvgIpc) is 3.10. The van der Waals surface area contributed by atoms with E-state index < -0.39 is 10.0 Å². The zero-order valence-corrected chi connectivity index (χ0v) is 18.4. The molecule has 0 fully saturated rings. The third-order valence-corrected chi connectivity index (χ3v) is 7.36. The van der Waals surface area contributed by atoms with Crippen molar-refractivity contribution in [3.05, 3.63) is 82.2 Å². The Hall–Kier alpha value is -2.99. The van der Waals surface area contributed by atoms with Crippen molar-refractivity contribution in [2.24, 2.45) is 7.05 Å². The van der Waals surface area contributed by atoms with Crippen LogP contribution in [-0.2, 0) is 48.0 Å². The lowest BCUT2D eigenvalue weighted by Crippen LogP contribution is -2.36. The molecule has 1 aliphatic rings. The van der Waals surface area contributed by atoms with Gasteiger partial charge in [-0.3, -0.25) is 4.68 Å². The van der Waals surface area contributed by atoms with Crippen molar-refractivity contribution in [1.82, 2.24) is 14.1 Å². The van der Waals surface area contributed by atoms with Crippen LogP contribution in [0.2, 0.25) is 0 Å². The summed E-state index contributed by atoms with van der Waals surface area (Å²) in [5, 5.41) is 13.7. The number of hydrogen-bond donors (Lipinski definition) is 0. The molecule has 0 N–H and O–H groups in total. The fourth-order valence-corrected chi connectivity index (χ4v) is 5.25. The van der Waals surface area contributed by atoms with E-state index in [1.807, 2.05) is 49.0 Å². The minimum atomic E-state index is -3.71. The Morgan fingerprint density at radius 2 is 1.94 bits per heavy atom. The Bertz CT molecular complexity index is 1240. The molecule has 2 aromatic carbocycles. The summed E-state index contributed by atoms with van der Waals surface area (Å²) in [5.41, 5.74) is 5.30. The summed E-state index contributed by atoms with van der Waals surface area (Å²) in [6.45, 7) is 3.44. The van der Waals surface area contributed by atoms with Gasteiger partial charge in [0.15, 0.2) is 0 Å². The predicted octanol–water partition coefficient (Wildman–Crippen LogP) is 3.06. The Balaban J connectivity index is 1.51. The van der Waals surface area contributed by atoms with Crippen LogP contribution in [0.15, 0.2) is 53.4 Å². The van der Waals surface area contributed by atoms with Crippen LogP contribution in [0.4, 0.5) is 0 Å². The molecule has 0 amide bonds. The summed E-state index contributed by atoms with van der Waals surface area (Å²) >= 11 is 0. The molecule has 2 heterocycles. The second-order valence-corrected chi connectivity index (χ2v) is 9.64. The van der Waals surface area contributed by atoms with Gasteiger partial charge in [-0.05, 0) is 30.7 Å². The highest BCUT2D eigenvalue weighted by molar-refractivity contribution is 7.89. The Kier molecular flexibility index (Phi) is 5.92. The third-order valence-electron chi connectivity index (χ3n) is 5.52. The van der Waals surface area contributed by atoms with Gasteiger partial charge in [0.1, 0.15) is 0 Å². The normalized spacial score (nSPS) is 14.2. The van der Waals surface area contributed by atoms with Gasteiger partial charge in [0.2, 0.25) is 10.0 Å². The monoisotopic (exact) mass is 436 g/mol. The number of sulfonamides is 1. The Morgan fingerprint density at radius 1 is 1.16 bits per heavy atom. The first kappa shape index (κ1) is 21.2. The van der Waals surface area contributed by atoms with E-state index in [-0.39, 0.29) is 11.4 Å². The van der Waals surface area contributed by atoms with Gasteiger partial charge < -0.3 is 4.74 Å². The number of ether oxygens (including phenoxy) is 1. The molecule has 0 bridgehead atoms. The fraction of sp³-hybridized carbons (Fsp3) is 0.304. The number of nitriles is 1. The summed E-state index contributed by atoms with van der Waals surface area (Å²) in [6, 6.07) is 16.3. The topological polar surface area (TPSA) is 88.2 Å². The van der Waals surface area contributed by atoms with Crippen LogP contribution < -0.4 is 0 Å². The molecule has 0 atom stereocenters. The van der Waals surface area contributed by atoms with E-state index in [1.165, 1.54) is 22.0 Å². The zero-order chi connectivity index (χ0) is 22.0. The molecule has 4 rings (SSSR count). The largest absolute Gasteiger partial charge is 0.370 e. The molecule has 0 unspecified atom stereocenters. The van der Waals surface area contributed by atoms with Crippen LogP contribution >= 0.6 is 0 Å². The van der Waals surface area contributed by atoms with Gasteiger partial charge in [-0.25, -0.2) is 8.42 Å². The molecule has 0 radical (unpaired) electrons. The van der Waals surface area contributed by atoms with E-state index in [1.54, 1.807) is 12.1 Å². The van der Waals surface area contributed by atoms with Gasteiger partial charge in [0.25, 0.3) is 0 Å². The number of rotatable bonds is 6. The highest BCUT2D eigenvalue weighted by Gasteiger charge is 2.32. The van der Waals surface area contributed by atoms with E-state index in [0.29, 0.717) is 31.7 Å². The number of hydrogen-bond acceptors (Lipinski definition) is 5. The van der Waals surface area contributed by atoms with Gasteiger partial charge in [-0.2, -0.15) is 14.7 Å². The summed E-state index contributed by atoms with van der Waals surface area (Å²) in [7, 11) is -1.83. The standard InChI is InChI=1S/C23H24N4O3S/c1-17-6-8-18(9-7-17)15-30-16-22-21-14-27(11-10-23(21)26(2)25-22)31(28,29)20-5-3-4-19(12-20)13-24/h3-9,12H,10-11,14-16H2,1-2H3. The first-order chi connectivity index (χ1) is 14.9. The summed E-state index contributed by atoms with van der Waals surface area (Å²) < 4.78 is 35.5. The lowest BCUT2D eigenvalue weighted by Gasteiger charge is -2.27. The average molecular weight is 437 g/mol. The SMILES string of the molecule is Cc1ccc(COCc2nn(C)c3c2CN(S(=O)(=O)c2cccc(C#N)c2)CC3)cc1. The van der Waals surface area contributed by atoms with Crippen LogP contribution in [-0.4, -0.2) is 29.0 Å². The van der Waals surface area contributed by atoms with Crippen LogP contribution in [0.25, 0.3) is 0 Å². The maximum absolute atomic E-state index is 13.2. The van der Waals surface area contributed by atoms with Crippen molar-refractivity contribution in [2.45, 2.75) is 38.0 Å². The molecule has 7 nitrogen and oxygen atoms in total. The van der Waals surface area contributed by atoms with Crippen molar-refractivity contribution in [1.29, 1.82) is 5.26 Å².